The second-order valence-corrected chi connectivity index (χ2v) is 5.61. The lowest BCUT2D eigenvalue weighted by atomic mass is 10.3. The molecule has 0 fully saturated rings. The Hall–Kier alpha value is -1.10. The Kier molecular flexibility index (Phi) is 6.62. The molecule has 0 saturated heterocycles. The highest BCUT2D eigenvalue weighted by Gasteiger charge is 1.98. The van der Waals surface area contributed by atoms with Crippen molar-refractivity contribution in [2.75, 3.05) is 35.2 Å². The Labute approximate surface area is 106 Å². The summed E-state index contributed by atoms with van der Waals surface area (Å²) in [5, 5.41) is 6.51. The molecule has 0 saturated carbocycles. The van der Waals surface area contributed by atoms with Crippen LogP contribution in [-0.4, -0.2) is 33.8 Å². The van der Waals surface area contributed by atoms with E-state index in [1.54, 1.807) is 6.20 Å². The predicted octanol–water partition coefficient (Wildman–Crippen LogP) is 2.08. The zero-order valence-electron chi connectivity index (χ0n) is 10.5. The number of aromatic nitrogens is 1. The third-order valence-corrected chi connectivity index (χ3v) is 3.60. The Balaban J connectivity index is 2.40. The fourth-order valence-electron chi connectivity index (χ4n) is 1.36. The van der Waals surface area contributed by atoms with Crippen molar-refractivity contribution < 1.29 is 4.21 Å². The van der Waals surface area contributed by atoms with Gasteiger partial charge in [0, 0.05) is 35.4 Å². The SMILES string of the molecule is CCCNc1cncc(NCCS(=O)CC)c1. The third kappa shape index (κ3) is 5.68. The molecule has 0 aliphatic carbocycles. The van der Waals surface area contributed by atoms with Gasteiger partial charge in [-0.1, -0.05) is 13.8 Å². The number of nitrogens with zero attached hydrogens (tertiary/aromatic N) is 1. The van der Waals surface area contributed by atoms with Crippen molar-refractivity contribution >= 4 is 22.2 Å². The lowest BCUT2D eigenvalue weighted by molar-refractivity contribution is 0.684. The molecule has 1 aromatic rings. The van der Waals surface area contributed by atoms with Crippen LogP contribution in [0.5, 0.6) is 0 Å². The molecule has 1 aromatic heterocycles. The van der Waals surface area contributed by atoms with E-state index in [4.69, 9.17) is 0 Å². The largest absolute Gasteiger partial charge is 0.384 e. The van der Waals surface area contributed by atoms with Crippen molar-refractivity contribution in [2.24, 2.45) is 0 Å². The summed E-state index contributed by atoms with van der Waals surface area (Å²) >= 11 is 0. The van der Waals surface area contributed by atoms with Crippen LogP contribution in [-0.2, 0) is 10.8 Å². The van der Waals surface area contributed by atoms with Crippen LogP contribution in [0, 0.1) is 0 Å². The second kappa shape index (κ2) is 8.06. The first-order valence-electron chi connectivity index (χ1n) is 6.04. The second-order valence-electron chi connectivity index (χ2n) is 3.75. The molecule has 1 atom stereocenters. The first-order valence-corrected chi connectivity index (χ1v) is 7.52. The van der Waals surface area contributed by atoms with Gasteiger partial charge in [0.1, 0.15) is 0 Å². The van der Waals surface area contributed by atoms with Gasteiger partial charge in [0.05, 0.1) is 23.8 Å². The minimum Gasteiger partial charge on any atom is -0.384 e. The van der Waals surface area contributed by atoms with Gasteiger partial charge in [-0.15, -0.1) is 0 Å². The zero-order valence-corrected chi connectivity index (χ0v) is 11.3. The smallest absolute Gasteiger partial charge is 0.0547 e. The molecule has 1 unspecified atom stereocenters. The van der Waals surface area contributed by atoms with Gasteiger partial charge >= 0.3 is 0 Å². The third-order valence-electron chi connectivity index (χ3n) is 2.30. The van der Waals surface area contributed by atoms with Crippen molar-refractivity contribution in [1.82, 2.24) is 4.98 Å². The van der Waals surface area contributed by atoms with E-state index in [0.717, 1.165) is 36.6 Å². The summed E-state index contributed by atoms with van der Waals surface area (Å²) in [6.07, 6.45) is 4.68. The van der Waals surface area contributed by atoms with Gasteiger partial charge in [0.15, 0.2) is 0 Å². The van der Waals surface area contributed by atoms with Crippen LogP contribution in [0.3, 0.4) is 0 Å². The topological polar surface area (TPSA) is 54.0 Å². The van der Waals surface area contributed by atoms with Crippen LogP contribution < -0.4 is 10.6 Å². The monoisotopic (exact) mass is 255 g/mol. The van der Waals surface area contributed by atoms with Crippen molar-refractivity contribution in [3.63, 3.8) is 0 Å². The molecule has 5 heteroatoms. The fourth-order valence-corrected chi connectivity index (χ4v) is 1.97. The van der Waals surface area contributed by atoms with Gasteiger partial charge in [0.2, 0.25) is 0 Å². The van der Waals surface area contributed by atoms with Crippen LogP contribution >= 0.6 is 0 Å². The van der Waals surface area contributed by atoms with E-state index in [1.165, 1.54) is 0 Å². The molecular weight excluding hydrogens is 234 g/mol. The van der Waals surface area contributed by atoms with Crippen molar-refractivity contribution in [3.8, 4) is 0 Å². The van der Waals surface area contributed by atoms with E-state index in [-0.39, 0.29) is 0 Å². The van der Waals surface area contributed by atoms with Gasteiger partial charge in [-0.05, 0) is 12.5 Å². The number of hydrogen-bond acceptors (Lipinski definition) is 4. The molecule has 0 bridgehead atoms. The van der Waals surface area contributed by atoms with Gasteiger partial charge in [-0.25, -0.2) is 0 Å². The molecule has 0 amide bonds. The molecule has 1 rings (SSSR count). The number of anilines is 2. The summed E-state index contributed by atoms with van der Waals surface area (Å²) in [4.78, 5) is 4.15. The summed E-state index contributed by atoms with van der Waals surface area (Å²) in [5.74, 6) is 1.40. The highest BCUT2D eigenvalue weighted by Crippen LogP contribution is 2.12. The molecular formula is C12H21N3OS. The van der Waals surface area contributed by atoms with Crippen LogP contribution in [0.25, 0.3) is 0 Å². The Morgan fingerprint density at radius 3 is 2.41 bits per heavy atom. The molecule has 0 aliphatic rings. The maximum absolute atomic E-state index is 11.3. The summed E-state index contributed by atoms with van der Waals surface area (Å²) in [5.41, 5.74) is 1.99. The van der Waals surface area contributed by atoms with Crippen LogP contribution in [0.15, 0.2) is 18.5 Å². The number of nitrogens with one attached hydrogen (secondary N) is 2. The maximum atomic E-state index is 11.3. The lowest BCUT2D eigenvalue weighted by Crippen LogP contribution is -2.12. The highest BCUT2D eigenvalue weighted by atomic mass is 32.2. The van der Waals surface area contributed by atoms with E-state index in [1.807, 2.05) is 19.2 Å². The molecule has 4 nitrogen and oxygen atoms in total. The van der Waals surface area contributed by atoms with E-state index < -0.39 is 10.8 Å². The first-order chi connectivity index (χ1) is 8.26. The Bertz CT molecular complexity index is 357. The number of hydrogen-bond donors (Lipinski definition) is 2. The fraction of sp³-hybridized carbons (Fsp3) is 0.583. The molecule has 0 radical (unpaired) electrons. The lowest BCUT2D eigenvalue weighted by Gasteiger charge is -2.08. The Morgan fingerprint density at radius 2 is 1.82 bits per heavy atom. The summed E-state index contributed by atoms with van der Waals surface area (Å²) in [6.45, 7) is 5.74. The van der Waals surface area contributed by atoms with Crippen LogP contribution in [0.4, 0.5) is 11.4 Å². The number of rotatable bonds is 8. The molecule has 17 heavy (non-hydrogen) atoms. The molecule has 1 heterocycles. The quantitative estimate of drug-likeness (QED) is 0.747. The van der Waals surface area contributed by atoms with Crippen molar-refractivity contribution in [1.29, 1.82) is 0 Å². The Morgan fingerprint density at radius 1 is 1.18 bits per heavy atom. The summed E-state index contributed by atoms with van der Waals surface area (Å²) in [7, 11) is -0.709. The van der Waals surface area contributed by atoms with Crippen molar-refractivity contribution in [3.05, 3.63) is 18.5 Å². The maximum Gasteiger partial charge on any atom is 0.0547 e. The van der Waals surface area contributed by atoms with Crippen molar-refractivity contribution in [2.45, 2.75) is 20.3 Å². The van der Waals surface area contributed by atoms with Gasteiger partial charge in [0.25, 0.3) is 0 Å². The first kappa shape index (κ1) is 14.0. The van der Waals surface area contributed by atoms with Gasteiger partial charge < -0.3 is 10.6 Å². The molecule has 2 N–H and O–H groups in total. The minimum absolute atomic E-state index is 0.684. The molecule has 0 aromatic carbocycles. The normalized spacial score (nSPS) is 12.1. The van der Waals surface area contributed by atoms with Gasteiger partial charge in [-0.3, -0.25) is 9.19 Å². The van der Waals surface area contributed by atoms with E-state index in [0.29, 0.717) is 5.75 Å². The highest BCUT2D eigenvalue weighted by molar-refractivity contribution is 7.84. The predicted molar refractivity (Wildman–Crippen MR) is 75.1 cm³/mol. The standard InChI is InChI=1S/C12H21N3OS/c1-3-5-14-11-8-12(10-13-9-11)15-6-7-17(16)4-2/h8-10,14-15H,3-7H2,1-2H3. The van der Waals surface area contributed by atoms with Gasteiger partial charge in [-0.2, -0.15) is 0 Å². The van der Waals surface area contributed by atoms with Crippen LogP contribution in [0.1, 0.15) is 20.3 Å². The molecule has 96 valence electrons. The van der Waals surface area contributed by atoms with E-state index in [2.05, 4.69) is 22.5 Å². The van der Waals surface area contributed by atoms with E-state index in [9.17, 15) is 4.21 Å². The average Bonchev–Trinajstić information content (AvgIpc) is 2.36. The van der Waals surface area contributed by atoms with E-state index >= 15 is 0 Å². The summed E-state index contributed by atoms with van der Waals surface area (Å²) < 4.78 is 11.3. The summed E-state index contributed by atoms with van der Waals surface area (Å²) in [6, 6.07) is 2.03. The molecule has 0 spiro atoms. The number of pyridine rings is 1. The minimum atomic E-state index is -0.709. The molecule has 0 aliphatic heterocycles. The van der Waals surface area contributed by atoms with Crippen LogP contribution in [0.2, 0.25) is 0 Å². The zero-order chi connectivity index (χ0) is 12.5. The average molecular weight is 255 g/mol.